The summed E-state index contributed by atoms with van der Waals surface area (Å²) in [5.74, 6) is 0.146. The number of amides is 1. The normalized spacial score (nSPS) is 18.8. The van der Waals surface area contributed by atoms with Gasteiger partial charge in [0.05, 0.1) is 33.6 Å². The van der Waals surface area contributed by atoms with Crippen LogP contribution >= 0.6 is 35.5 Å². The lowest BCUT2D eigenvalue weighted by Crippen LogP contribution is -2.46. The zero-order valence-corrected chi connectivity index (χ0v) is 18.4. The molecule has 0 radical (unpaired) electrons. The fourth-order valence-electron chi connectivity index (χ4n) is 4.33. The molecule has 0 bridgehead atoms. The first kappa shape index (κ1) is 20.4. The van der Waals surface area contributed by atoms with Gasteiger partial charge in [0.2, 0.25) is 5.91 Å². The second-order valence-electron chi connectivity index (χ2n) is 7.22. The van der Waals surface area contributed by atoms with Crippen LogP contribution in [-0.2, 0) is 11.2 Å². The molecule has 2 aromatic carbocycles. The van der Waals surface area contributed by atoms with Crippen molar-refractivity contribution in [3.63, 3.8) is 0 Å². The zero-order chi connectivity index (χ0) is 19.3. The molecule has 0 saturated carbocycles. The molecule has 2 aliphatic rings. The summed E-state index contributed by atoms with van der Waals surface area (Å²) in [7, 11) is 0. The maximum Gasteiger partial charge on any atom is 0.231 e. The van der Waals surface area contributed by atoms with Crippen molar-refractivity contribution in [3.8, 4) is 0 Å². The van der Waals surface area contributed by atoms with Gasteiger partial charge in [0.25, 0.3) is 0 Å². The Balaban J connectivity index is 0.00000205. The second kappa shape index (κ2) is 8.11. The molecule has 1 saturated heterocycles. The van der Waals surface area contributed by atoms with Crippen LogP contribution < -0.4 is 15.1 Å². The Morgan fingerprint density at radius 1 is 1.28 bits per heavy atom. The summed E-state index contributed by atoms with van der Waals surface area (Å²) in [5, 5.41) is 5.40. The lowest BCUT2D eigenvalue weighted by atomic mass is 10.0. The Bertz CT molecular complexity index is 1070. The minimum atomic E-state index is 0. The van der Waals surface area contributed by atoms with Gasteiger partial charge >= 0.3 is 0 Å². The van der Waals surface area contributed by atoms with Crippen molar-refractivity contribution in [2.45, 2.75) is 19.4 Å². The maximum absolute atomic E-state index is 12.3. The number of carbonyl (C=O) groups excluding carboxylic acids is 1. The molecule has 1 amide bonds. The van der Waals surface area contributed by atoms with Crippen molar-refractivity contribution < 1.29 is 4.79 Å². The van der Waals surface area contributed by atoms with Crippen molar-refractivity contribution in [3.05, 3.63) is 52.7 Å². The molecule has 0 aliphatic carbocycles. The number of piperazine rings is 1. The molecule has 3 aromatic rings. The number of halogens is 2. The van der Waals surface area contributed by atoms with E-state index in [0.29, 0.717) is 18.0 Å². The molecule has 8 heteroatoms. The average molecular weight is 449 g/mol. The first-order valence-corrected chi connectivity index (χ1v) is 10.8. The van der Waals surface area contributed by atoms with E-state index in [2.05, 4.69) is 40.5 Å². The van der Waals surface area contributed by atoms with Gasteiger partial charge in [-0.05, 0) is 42.2 Å². The number of hydrogen-bond donors (Lipinski definition) is 1. The Labute approximate surface area is 185 Å². The highest BCUT2D eigenvalue weighted by Gasteiger charge is 2.32. The molecule has 29 heavy (non-hydrogen) atoms. The summed E-state index contributed by atoms with van der Waals surface area (Å²) in [6, 6.07) is 12.5. The average Bonchev–Trinajstić information content (AvgIpc) is 3.27. The minimum Gasteiger partial charge on any atom is -0.359 e. The molecule has 3 heterocycles. The van der Waals surface area contributed by atoms with Gasteiger partial charge in [-0.1, -0.05) is 29.8 Å². The summed E-state index contributed by atoms with van der Waals surface area (Å²) in [6.07, 6.45) is 0.448. The van der Waals surface area contributed by atoms with Crippen molar-refractivity contribution >= 4 is 62.9 Å². The van der Waals surface area contributed by atoms with Gasteiger partial charge in [-0.25, -0.2) is 0 Å². The molecule has 5 nitrogen and oxygen atoms in total. The Morgan fingerprint density at radius 3 is 2.93 bits per heavy atom. The van der Waals surface area contributed by atoms with Crippen LogP contribution in [0.25, 0.3) is 10.1 Å². The van der Waals surface area contributed by atoms with Crippen LogP contribution in [-0.4, -0.2) is 36.5 Å². The lowest BCUT2D eigenvalue weighted by molar-refractivity contribution is -0.117. The van der Waals surface area contributed by atoms with Crippen molar-refractivity contribution in [1.29, 1.82) is 0 Å². The molecule has 2 aliphatic heterocycles. The third kappa shape index (κ3) is 3.38. The number of anilines is 2. The first-order valence-electron chi connectivity index (χ1n) is 9.62. The molecule has 1 atom stereocenters. The summed E-state index contributed by atoms with van der Waals surface area (Å²) in [5.41, 5.74) is 4.10. The number of rotatable bonds is 3. The van der Waals surface area contributed by atoms with Crippen molar-refractivity contribution in [1.82, 2.24) is 9.69 Å². The summed E-state index contributed by atoms with van der Waals surface area (Å²) in [6.45, 7) is 5.23. The van der Waals surface area contributed by atoms with E-state index in [0.717, 1.165) is 42.3 Å². The van der Waals surface area contributed by atoms with E-state index in [9.17, 15) is 4.79 Å². The SMILES string of the molecule is CCN1C(=O)Cc2cc(N3CCNCC3c3nsc4ccccc34)c(Cl)cc21.Cl. The first-order chi connectivity index (χ1) is 13.7. The number of fused-ring (bicyclic) bond motifs is 2. The number of likely N-dealkylation sites (N-methyl/N-ethyl adjacent to an activating group) is 1. The highest BCUT2D eigenvalue weighted by Crippen LogP contribution is 2.41. The highest BCUT2D eigenvalue weighted by atomic mass is 35.5. The number of benzene rings is 2. The van der Waals surface area contributed by atoms with E-state index in [1.54, 1.807) is 11.5 Å². The van der Waals surface area contributed by atoms with E-state index < -0.39 is 0 Å². The Hall–Kier alpha value is -1.86. The molecule has 1 N–H and O–H groups in total. The fourth-order valence-corrected chi connectivity index (χ4v) is 5.42. The number of aromatic nitrogens is 1. The summed E-state index contributed by atoms with van der Waals surface area (Å²) in [4.78, 5) is 16.5. The fraction of sp³-hybridized carbons (Fsp3) is 0.333. The molecule has 1 unspecified atom stereocenters. The van der Waals surface area contributed by atoms with E-state index >= 15 is 0 Å². The third-order valence-corrected chi connectivity index (χ3v) is 6.82. The quantitative estimate of drug-likeness (QED) is 0.643. The van der Waals surface area contributed by atoms with Crippen LogP contribution in [0, 0.1) is 0 Å². The molecule has 0 spiro atoms. The molecule has 1 aromatic heterocycles. The minimum absolute atomic E-state index is 0. The van der Waals surface area contributed by atoms with Gasteiger partial charge in [0, 0.05) is 37.3 Å². The predicted molar refractivity (Wildman–Crippen MR) is 123 cm³/mol. The van der Waals surface area contributed by atoms with Crippen LogP contribution in [0.4, 0.5) is 11.4 Å². The Kier molecular flexibility index (Phi) is 5.71. The lowest BCUT2D eigenvalue weighted by Gasteiger charge is -2.38. The van der Waals surface area contributed by atoms with Crippen LogP contribution in [0.2, 0.25) is 5.02 Å². The van der Waals surface area contributed by atoms with E-state index in [-0.39, 0.29) is 24.4 Å². The summed E-state index contributed by atoms with van der Waals surface area (Å²) >= 11 is 8.28. The second-order valence-corrected chi connectivity index (χ2v) is 8.44. The monoisotopic (exact) mass is 448 g/mol. The largest absolute Gasteiger partial charge is 0.359 e. The molecule has 1 fully saturated rings. The van der Waals surface area contributed by atoms with Gasteiger partial charge in [0.1, 0.15) is 0 Å². The number of nitrogens with one attached hydrogen (secondary N) is 1. The van der Waals surface area contributed by atoms with Crippen molar-refractivity contribution in [2.75, 3.05) is 36.0 Å². The zero-order valence-electron chi connectivity index (χ0n) is 16.0. The summed E-state index contributed by atoms with van der Waals surface area (Å²) < 4.78 is 5.99. The van der Waals surface area contributed by atoms with Crippen LogP contribution in [0.1, 0.15) is 24.2 Å². The Morgan fingerprint density at radius 2 is 2.10 bits per heavy atom. The van der Waals surface area contributed by atoms with Gasteiger partial charge in [-0.3, -0.25) is 4.79 Å². The van der Waals surface area contributed by atoms with Crippen molar-refractivity contribution in [2.24, 2.45) is 0 Å². The topological polar surface area (TPSA) is 48.5 Å². The van der Waals surface area contributed by atoms with E-state index in [1.165, 1.54) is 10.1 Å². The number of hydrogen-bond acceptors (Lipinski definition) is 5. The maximum atomic E-state index is 12.3. The van der Waals surface area contributed by atoms with Crippen LogP contribution in [0.5, 0.6) is 0 Å². The van der Waals surface area contributed by atoms with Crippen LogP contribution in [0.3, 0.4) is 0 Å². The van der Waals surface area contributed by atoms with E-state index in [1.807, 2.05) is 17.9 Å². The smallest absolute Gasteiger partial charge is 0.231 e. The van der Waals surface area contributed by atoms with E-state index in [4.69, 9.17) is 16.0 Å². The third-order valence-electron chi connectivity index (χ3n) is 5.67. The highest BCUT2D eigenvalue weighted by molar-refractivity contribution is 7.13. The van der Waals surface area contributed by atoms with Crippen LogP contribution in [0.15, 0.2) is 36.4 Å². The molecule has 152 valence electrons. The van der Waals surface area contributed by atoms with Gasteiger partial charge in [0.15, 0.2) is 0 Å². The van der Waals surface area contributed by atoms with Gasteiger partial charge < -0.3 is 15.1 Å². The molecule has 5 rings (SSSR count). The predicted octanol–water partition coefficient (Wildman–Crippen LogP) is 4.43. The standard InChI is InChI=1S/C21H21ClN4OS.ClH/c1-2-25-16-11-15(22)17(9-13(16)10-20(25)27)26-8-7-23-12-18(26)21-14-5-3-4-6-19(14)28-24-21;/h3-6,9,11,18,23H,2,7-8,10,12H2,1H3;1H. The van der Waals surface area contributed by atoms with Gasteiger partial charge in [-0.2, -0.15) is 4.37 Å². The molecular weight excluding hydrogens is 427 g/mol. The number of nitrogens with zero attached hydrogens (tertiary/aromatic N) is 3. The van der Waals surface area contributed by atoms with Gasteiger partial charge in [-0.15, -0.1) is 12.4 Å². The number of carbonyl (C=O) groups is 1. The molecular formula is C21H22Cl2N4OS.